The number of rotatable bonds is 9. The first-order valence-electron chi connectivity index (χ1n) is 12.5. The molecule has 39 heavy (non-hydrogen) atoms. The van der Waals surface area contributed by atoms with E-state index in [1.165, 1.54) is 24.3 Å². The van der Waals surface area contributed by atoms with E-state index in [1.54, 1.807) is 49.4 Å². The molecular formula is C28H26F3N3O4S. The molecule has 1 N–H and O–H groups in total. The van der Waals surface area contributed by atoms with Crippen LogP contribution < -0.4 is 10.1 Å². The number of benzene rings is 3. The largest absolute Gasteiger partial charge is 0.573 e. The Hall–Kier alpha value is -3.86. The van der Waals surface area contributed by atoms with Gasteiger partial charge in [0, 0.05) is 23.6 Å². The molecule has 0 saturated heterocycles. The minimum atomic E-state index is -4.80. The fraction of sp³-hybridized carbons (Fsp3) is 0.286. The number of para-hydroxylation sites is 1. The maximum atomic E-state index is 12.9. The van der Waals surface area contributed by atoms with Crippen molar-refractivity contribution in [3.05, 3.63) is 89.2 Å². The van der Waals surface area contributed by atoms with E-state index in [2.05, 4.69) is 10.1 Å². The topological polar surface area (TPSA) is 90.3 Å². The number of hydrogen-bond acceptors (Lipinski definition) is 5. The van der Waals surface area contributed by atoms with Crippen LogP contribution in [0.3, 0.4) is 0 Å². The van der Waals surface area contributed by atoms with Crippen molar-refractivity contribution in [2.45, 2.75) is 50.0 Å². The van der Waals surface area contributed by atoms with Crippen LogP contribution in [0.25, 0.3) is 11.0 Å². The summed E-state index contributed by atoms with van der Waals surface area (Å²) in [6.07, 6.45) is -2.92. The number of nitrogens with one attached hydrogen (secondary N) is 1. The number of nitrogens with zero attached hydrogens (tertiary/aromatic N) is 2. The van der Waals surface area contributed by atoms with E-state index >= 15 is 0 Å². The number of halogens is 3. The van der Waals surface area contributed by atoms with Gasteiger partial charge >= 0.3 is 6.36 Å². The summed E-state index contributed by atoms with van der Waals surface area (Å²) in [7, 11) is -3.30. The number of sulfone groups is 1. The molecule has 1 fully saturated rings. The number of imidazole rings is 1. The van der Waals surface area contributed by atoms with E-state index in [-0.39, 0.29) is 41.3 Å². The van der Waals surface area contributed by atoms with Gasteiger partial charge in [-0.05, 0) is 54.8 Å². The number of ether oxygens (including phenoxy) is 1. The van der Waals surface area contributed by atoms with Gasteiger partial charge in [0.1, 0.15) is 11.6 Å². The molecule has 11 heteroatoms. The Labute approximate surface area is 223 Å². The van der Waals surface area contributed by atoms with Crippen molar-refractivity contribution in [2.24, 2.45) is 0 Å². The Morgan fingerprint density at radius 2 is 1.79 bits per heavy atom. The van der Waals surface area contributed by atoms with Crippen molar-refractivity contribution < 1.29 is 31.1 Å². The minimum Gasteiger partial charge on any atom is -0.405 e. The molecule has 0 radical (unpaired) electrons. The molecule has 1 amide bonds. The second kappa shape index (κ2) is 10.4. The quantitative estimate of drug-likeness (QED) is 0.290. The van der Waals surface area contributed by atoms with E-state index in [9.17, 15) is 26.4 Å². The molecule has 1 aliphatic rings. The highest BCUT2D eigenvalue weighted by molar-refractivity contribution is 7.91. The average molecular weight is 558 g/mol. The van der Waals surface area contributed by atoms with Crippen molar-refractivity contribution in [1.29, 1.82) is 0 Å². The lowest BCUT2D eigenvalue weighted by atomic mass is 10.1. The van der Waals surface area contributed by atoms with Crippen LogP contribution >= 0.6 is 0 Å². The molecule has 3 aromatic carbocycles. The summed E-state index contributed by atoms with van der Waals surface area (Å²) in [4.78, 5) is 17.9. The van der Waals surface area contributed by atoms with Gasteiger partial charge in [-0.25, -0.2) is 13.4 Å². The molecule has 1 heterocycles. The first-order valence-corrected chi connectivity index (χ1v) is 14.1. The molecule has 1 aliphatic carbocycles. The molecule has 204 valence electrons. The van der Waals surface area contributed by atoms with Gasteiger partial charge < -0.3 is 14.6 Å². The first kappa shape index (κ1) is 26.7. The number of amides is 1. The highest BCUT2D eigenvalue weighted by atomic mass is 32.2. The second-order valence-electron chi connectivity index (χ2n) is 9.42. The minimum absolute atomic E-state index is 0.0115. The van der Waals surface area contributed by atoms with Crippen LogP contribution in [0.1, 0.15) is 53.0 Å². The fourth-order valence-electron chi connectivity index (χ4n) is 4.40. The highest BCUT2D eigenvalue weighted by Gasteiger charge is 2.33. The second-order valence-corrected chi connectivity index (χ2v) is 11.7. The standard InChI is InChI=1S/C28H26F3N3O4S/c1-2-39(36,37)22-12-7-18(8-13-22)16-32-27(35)20-11-14-24-23(15-20)33-26(19-9-10-19)34(24)17-21-5-3-4-6-25(21)38-28(29,30)31/h3-8,11-15,19H,2,9-10,16-17H2,1H3,(H,32,35). The predicted molar refractivity (Wildman–Crippen MR) is 139 cm³/mol. The Balaban J connectivity index is 1.36. The van der Waals surface area contributed by atoms with Gasteiger partial charge in [-0.3, -0.25) is 4.79 Å². The van der Waals surface area contributed by atoms with E-state index in [0.717, 1.165) is 24.2 Å². The lowest BCUT2D eigenvalue weighted by Gasteiger charge is -2.15. The molecule has 0 spiro atoms. The monoisotopic (exact) mass is 557 g/mol. The average Bonchev–Trinajstić information content (AvgIpc) is 3.69. The van der Waals surface area contributed by atoms with Crippen LogP contribution in [-0.2, 0) is 22.9 Å². The molecule has 0 bridgehead atoms. The van der Waals surface area contributed by atoms with Gasteiger partial charge in [0.05, 0.1) is 28.2 Å². The van der Waals surface area contributed by atoms with Crippen molar-refractivity contribution in [3.8, 4) is 5.75 Å². The van der Waals surface area contributed by atoms with Crippen molar-refractivity contribution >= 4 is 26.8 Å². The molecule has 7 nitrogen and oxygen atoms in total. The van der Waals surface area contributed by atoms with Crippen LogP contribution in [-0.4, -0.2) is 36.0 Å². The smallest absolute Gasteiger partial charge is 0.405 e. The summed E-state index contributed by atoms with van der Waals surface area (Å²) in [5, 5.41) is 2.83. The summed E-state index contributed by atoms with van der Waals surface area (Å²) in [6.45, 7) is 1.93. The maximum absolute atomic E-state index is 12.9. The Morgan fingerprint density at radius 1 is 1.08 bits per heavy atom. The molecule has 0 unspecified atom stereocenters. The number of hydrogen-bond donors (Lipinski definition) is 1. The van der Waals surface area contributed by atoms with Crippen LogP contribution in [0, 0.1) is 0 Å². The van der Waals surface area contributed by atoms with Crippen LogP contribution in [0.5, 0.6) is 5.75 Å². The zero-order valence-corrected chi connectivity index (χ0v) is 21.8. The predicted octanol–water partition coefficient (Wildman–Crippen LogP) is 5.58. The summed E-state index contributed by atoms with van der Waals surface area (Å²) < 4.78 is 68.9. The van der Waals surface area contributed by atoms with Crippen molar-refractivity contribution in [2.75, 3.05) is 5.75 Å². The zero-order valence-electron chi connectivity index (χ0n) is 21.0. The zero-order chi connectivity index (χ0) is 27.8. The molecule has 5 rings (SSSR count). The number of fused-ring (bicyclic) bond motifs is 1. The molecule has 0 aliphatic heterocycles. The summed E-state index contributed by atoms with van der Waals surface area (Å²) in [6, 6.07) is 17.5. The lowest BCUT2D eigenvalue weighted by molar-refractivity contribution is -0.274. The number of alkyl halides is 3. The fourth-order valence-corrected chi connectivity index (χ4v) is 5.29. The van der Waals surface area contributed by atoms with Crippen molar-refractivity contribution in [1.82, 2.24) is 14.9 Å². The molecule has 0 atom stereocenters. The molecule has 4 aromatic rings. The summed E-state index contributed by atoms with van der Waals surface area (Å²) in [5.74, 6) is 0.410. The van der Waals surface area contributed by atoms with Gasteiger partial charge in [0.2, 0.25) is 0 Å². The van der Waals surface area contributed by atoms with Crippen LogP contribution in [0.4, 0.5) is 13.2 Å². The van der Waals surface area contributed by atoms with Gasteiger partial charge in [-0.1, -0.05) is 37.3 Å². The van der Waals surface area contributed by atoms with Crippen LogP contribution in [0.15, 0.2) is 71.6 Å². The third-order valence-corrected chi connectivity index (χ3v) is 8.38. The number of aromatic nitrogens is 2. The summed E-state index contributed by atoms with van der Waals surface area (Å²) in [5.41, 5.74) is 2.80. The third-order valence-electron chi connectivity index (χ3n) is 6.62. The van der Waals surface area contributed by atoms with Gasteiger partial charge in [-0.2, -0.15) is 0 Å². The highest BCUT2D eigenvalue weighted by Crippen LogP contribution is 2.41. The normalized spacial score (nSPS) is 13.9. The van der Waals surface area contributed by atoms with E-state index in [0.29, 0.717) is 22.2 Å². The van der Waals surface area contributed by atoms with Gasteiger partial charge in [0.15, 0.2) is 9.84 Å². The number of carbonyl (C=O) groups is 1. The maximum Gasteiger partial charge on any atom is 0.573 e. The molecular weight excluding hydrogens is 531 g/mol. The van der Waals surface area contributed by atoms with E-state index in [1.807, 2.05) is 4.57 Å². The van der Waals surface area contributed by atoms with Crippen molar-refractivity contribution in [3.63, 3.8) is 0 Å². The van der Waals surface area contributed by atoms with Gasteiger partial charge in [-0.15, -0.1) is 13.2 Å². The lowest BCUT2D eigenvalue weighted by Crippen LogP contribution is -2.22. The number of carbonyl (C=O) groups excluding carboxylic acids is 1. The Bertz CT molecular complexity index is 1630. The SMILES string of the molecule is CCS(=O)(=O)c1ccc(CNC(=O)c2ccc3c(c2)nc(C2CC2)n3Cc2ccccc2OC(F)(F)F)cc1. The third kappa shape index (κ3) is 6.08. The van der Waals surface area contributed by atoms with E-state index in [4.69, 9.17) is 4.98 Å². The summed E-state index contributed by atoms with van der Waals surface area (Å²) >= 11 is 0. The molecule has 1 saturated carbocycles. The van der Waals surface area contributed by atoms with Crippen LogP contribution in [0.2, 0.25) is 0 Å². The Kier molecular flexibility index (Phi) is 7.11. The van der Waals surface area contributed by atoms with E-state index < -0.39 is 16.2 Å². The van der Waals surface area contributed by atoms with Gasteiger partial charge in [0.25, 0.3) is 5.91 Å². The Morgan fingerprint density at radius 3 is 2.46 bits per heavy atom. The molecule has 1 aromatic heterocycles. The first-order chi connectivity index (χ1) is 18.5.